The second-order valence-corrected chi connectivity index (χ2v) is 5.22. The van der Waals surface area contributed by atoms with E-state index >= 15 is 0 Å². The van der Waals surface area contributed by atoms with E-state index in [-0.39, 0.29) is 5.91 Å². The number of hydrogen-bond acceptors (Lipinski definition) is 3. The van der Waals surface area contributed by atoms with Gasteiger partial charge in [0.05, 0.1) is 13.2 Å². The zero-order valence-corrected chi connectivity index (χ0v) is 11.8. The number of benzene rings is 2. The number of nitrogen functional groups attached to an aromatic ring is 1. The molecule has 0 aromatic heterocycles. The molecule has 0 saturated carbocycles. The van der Waals surface area contributed by atoms with Crippen molar-refractivity contribution in [2.75, 3.05) is 12.3 Å². The molecule has 4 heteroatoms. The minimum atomic E-state index is -0.0415. The number of carbonyl (C=O) groups excluding carboxylic acids is 1. The molecule has 1 amide bonds. The summed E-state index contributed by atoms with van der Waals surface area (Å²) in [5, 5.41) is 2.94. The second-order valence-electron chi connectivity index (χ2n) is 5.22. The molecule has 0 saturated heterocycles. The summed E-state index contributed by atoms with van der Waals surface area (Å²) < 4.78 is 5.36. The van der Waals surface area contributed by atoms with Crippen molar-refractivity contribution < 1.29 is 9.53 Å². The largest absolute Gasteiger partial charge is 0.399 e. The van der Waals surface area contributed by atoms with Crippen molar-refractivity contribution in [1.82, 2.24) is 5.32 Å². The van der Waals surface area contributed by atoms with Crippen LogP contribution in [0.3, 0.4) is 0 Å². The van der Waals surface area contributed by atoms with E-state index in [0.717, 1.165) is 23.2 Å². The monoisotopic (exact) mass is 282 g/mol. The first-order valence-electron chi connectivity index (χ1n) is 7.04. The van der Waals surface area contributed by atoms with Crippen LogP contribution in [0.5, 0.6) is 0 Å². The number of nitrogens with two attached hydrogens (primary N) is 1. The molecule has 3 N–H and O–H groups in total. The van der Waals surface area contributed by atoms with Crippen LogP contribution in [-0.4, -0.2) is 12.5 Å². The van der Waals surface area contributed by atoms with Gasteiger partial charge in [-0.05, 0) is 47.4 Å². The summed E-state index contributed by atoms with van der Waals surface area (Å²) in [5.74, 6) is -0.0415. The lowest BCUT2D eigenvalue weighted by molar-refractivity contribution is 0.0954. The smallest absolute Gasteiger partial charge is 0.251 e. The first kappa shape index (κ1) is 13.6. The highest BCUT2D eigenvalue weighted by Crippen LogP contribution is 2.20. The number of nitrogens with one attached hydrogen (secondary N) is 1. The van der Waals surface area contributed by atoms with Crippen LogP contribution in [-0.2, 0) is 24.4 Å². The molecule has 1 heterocycles. The van der Waals surface area contributed by atoms with Crippen molar-refractivity contribution in [3.8, 4) is 0 Å². The van der Waals surface area contributed by atoms with Gasteiger partial charge in [0.2, 0.25) is 0 Å². The Labute approximate surface area is 123 Å². The number of amides is 1. The summed E-state index contributed by atoms with van der Waals surface area (Å²) in [6.45, 7) is 1.85. The highest BCUT2D eigenvalue weighted by molar-refractivity contribution is 5.94. The maximum Gasteiger partial charge on any atom is 0.251 e. The molecule has 0 bridgehead atoms. The fourth-order valence-corrected chi connectivity index (χ4v) is 2.42. The Balaban J connectivity index is 1.55. The van der Waals surface area contributed by atoms with E-state index in [9.17, 15) is 4.79 Å². The molecule has 108 valence electrons. The lowest BCUT2D eigenvalue weighted by Gasteiger charge is -2.07. The average Bonchev–Trinajstić information content (AvgIpc) is 2.96. The normalized spacial score (nSPS) is 13.0. The third-order valence-corrected chi connectivity index (χ3v) is 3.66. The van der Waals surface area contributed by atoms with E-state index in [1.807, 2.05) is 42.5 Å². The van der Waals surface area contributed by atoms with E-state index in [4.69, 9.17) is 10.5 Å². The highest BCUT2D eigenvalue weighted by Gasteiger charge is 2.13. The van der Waals surface area contributed by atoms with E-state index in [1.54, 1.807) is 0 Å². The van der Waals surface area contributed by atoms with E-state index < -0.39 is 0 Å². The molecule has 2 aromatic carbocycles. The van der Waals surface area contributed by atoms with Crippen LogP contribution in [0.1, 0.15) is 27.0 Å². The van der Waals surface area contributed by atoms with Crippen molar-refractivity contribution in [2.45, 2.75) is 19.6 Å². The van der Waals surface area contributed by atoms with Crippen LogP contribution in [0.2, 0.25) is 0 Å². The minimum Gasteiger partial charge on any atom is -0.399 e. The quantitative estimate of drug-likeness (QED) is 0.846. The molecule has 0 unspecified atom stereocenters. The number of hydrogen-bond donors (Lipinski definition) is 2. The van der Waals surface area contributed by atoms with Gasteiger partial charge in [-0.3, -0.25) is 4.79 Å². The number of anilines is 1. The van der Waals surface area contributed by atoms with Crippen molar-refractivity contribution in [3.05, 3.63) is 64.7 Å². The molecule has 0 aliphatic carbocycles. The molecule has 4 nitrogen and oxygen atoms in total. The molecular weight excluding hydrogens is 264 g/mol. The van der Waals surface area contributed by atoms with Crippen molar-refractivity contribution in [2.24, 2.45) is 0 Å². The SMILES string of the molecule is Nc1ccc(CCNC(=O)c2ccc3c(c2)COC3)cc1. The predicted octanol–water partition coefficient (Wildman–Crippen LogP) is 2.27. The molecule has 2 aromatic rings. The second kappa shape index (κ2) is 5.97. The number of carbonyl (C=O) groups is 1. The molecule has 1 aliphatic rings. The van der Waals surface area contributed by atoms with Crippen LogP contribution in [0, 0.1) is 0 Å². The first-order chi connectivity index (χ1) is 10.2. The van der Waals surface area contributed by atoms with E-state index in [1.165, 1.54) is 5.56 Å². The standard InChI is InChI=1S/C17H18N2O2/c18-16-5-1-12(2-6-16)7-8-19-17(20)13-3-4-14-10-21-11-15(14)9-13/h1-6,9H,7-8,10-11,18H2,(H,19,20). The zero-order valence-electron chi connectivity index (χ0n) is 11.8. The van der Waals surface area contributed by atoms with Crippen LogP contribution >= 0.6 is 0 Å². The summed E-state index contributed by atoms with van der Waals surface area (Å²) in [4.78, 5) is 12.1. The van der Waals surface area contributed by atoms with Crippen LogP contribution in [0.25, 0.3) is 0 Å². The summed E-state index contributed by atoms with van der Waals surface area (Å²) >= 11 is 0. The molecule has 0 fully saturated rings. The summed E-state index contributed by atoms with van der Waals surface area (Å²) in [6.07, 6.45) is 0.792. The van der Waals surface area contributed by atoms with Gasteiger partial charge in [-0.15, -0.1) is 0 Å². The van der Waals surface area contributed by atoms with E-state index in [0.29, 0.717) is 25.3 Å². The maximum atomic E-state index is 12.1. The van der Waals surface area contributed by atoms with Gasteiger partial charge in [-0.25, -0.2) is 0 Å². The molecule has 0 atom stereocenters. The van der Waals surface area contributed by atoms with Gasteiger partial charge in [0.15, 0.2) is 0 Å². The Hall–Kier alpha value is -2.33. The van der Waals surface area contributed by atoms with Gasteiger partial charge in [0, 0.05) is 17.8 Å². The summed E-state index contributed by atoms with van der Waals surface area (Å²) in [5.41, 5.74) is 10.5. The van der Waals surface area contributed by atoms with Gasteiger partial charge < -0.3 is 15.8 Å². The first-order valence-corrected chi connectivity index (χ1v) is 7.04. The van der Waals surface area contributed by atoms with Crippen molar-refractivity contribution >= 4 is 11.6 Å². The lowest BCUT2D eigenvalue weighted by Crippen LogP contribution is -2.25. The fraction of sp³-hybridized carbons (Fsp3) is 0.235. The molecule has 0 radical (unpaired) electrons. The lowest BCUT2D eigenvalue weighted by atomic mass is 10.1. The van der Waals surface area contributed by atoms with Gasteiger partial charge in [-0.2, -0.15) is 0 Å². The Morgan fingerprint density at radius 1 is 1.10 bits per heavy atom. The molecular formula is C17H18N2O2. The fourth-order valence-electron chi connectivity index (χ4n) is 2.42. The van der Waals surface area contributed by atoms with Crippen LogP contribution in [0.4, 0.5) is 5.69 Å². The summed E-state index contributed by atoms with van der Waals surface area (Å²) in [7, 11) is 0. The van der Waals surface area contributed by atoms with E-state index in [2.05, 4.69) is 5.32 Å². The van der Waals surface area contributed by atoms with Gasteiger partial charge in [-0.1, -0.05) is 18.2 Å². The zero-order chi connectivity index (χ0) is 14.7. The third kappa shape index (κ3) is 3.23. The van der Waals surface area contributed by atoms with Crippen LogP contribution in [0.15, 0.2) is 42.5 Å². The Morgan fingerprint density at radius 2 is 1.86 bits per heavy atom. The van der Waals surface area contributed by atoms with Gasteiger partial charge >= 0.3 is 0 Å². The topological polar surface area (TPSA) is 64.3 Å². The van der Waals surface area contributed by atoms with Crippen molar-refractivity contribution in [1.29, 1.82) is 0 Å². The molecule has 0 spiro atoms. The average molecular weight is 282 g/mol. The molecule has 21 heavy (non-hydrogen) atoms. The Kier molecular flexibility index (Phi) is 3.88. The number of rotatable bonds is 4. The predicted molar refractivity (Wildman–Crippen MR) is 81.8 cm³/mol. The van der Waals surface area contributed by atoms with Gasteiger partial charge in [0.25, 0.3) is 5.91 Å². The summed E-state index contributed by atoms with van der Waals surface area (Å²) in [6, 6.07) is 13.4. The third-order valence-electron chi connectivity index (χ3n) is 3.66. The Morgan fingerprint density at radius 3 is 2.67 bits per heavy atom. The molecule has 1 aliphatic heterocycles. The number of fused-ring (bicyclic) bond motifs is 1. The van der Waals surface area contributed by atoms with Gasteiger partial charge in [0.1, 0.15) is 0 Å². The maximum absolute atomic E-state index is 12.1. The molecule has 3 rings (SSSR count). The minimum absolute atomic E-state index is 0.0415. The highest BCUT2D eigenvalue weighted by atomic mass is 16.5. The Bertz CT molecular complexity index is 650. The number of ether oxygens (including phenoxy) is 1. The van der Waals surface area contributed by atoms with Crippen molar-refractivity contribution in [3.63, 3.8) is 0 Å². The van der Waals surface area contributed by atoms with Crippen LogP contribution < -0.4 is 11.1 Å².